The summed E-state index contributed by atoms with van der Waals surface area (Å²) in [5.41, 5.74) is 0.563. The van der Waals surface area contributed by atoms with E-state index in [1.807, 2.05) is 5.32 Å². The Labute approximate surface area is 118 Å². The van der Waals surface area contributed by atoms with Gasteiger partial charge in [-0.1, -0.05) is 0 Å². The van der Waals surface area contributed by atoms with Gasteiger partial charge in [0, 0.05) is 5.56 Å². The van der Waals surface area contributed by atoms with E-state index >= 15 is 0 Å². The molecule has 2 amide bonds. The second-order valence-corrected chi connectivity index (χ2v) is 3.92. The van der Waals surface area contributed by atoms with E-state index in [0.717, 1.165) is 4.80 Å². The van der Waals surface area contributed by atoms with Gasteiger partial charge in [-0.3, -0.25) is 10.1 Å². The Hall–Kier alpha value is -2.84. The standard InChI is InChI=1S/C12H12FN5O3/c1-2-21-12(20)14-10(19)7-18-16-11(15-17-18)8-3-5-9(13)6-4-8/h3-6H,2,7H2,1H3,(H,14,19,20). The maximum atomic E-state index is 12.8. The molecule has 1 N–H and O–H groups in total. The third-order valence-corrected chi connectivity index (χ3v) is 2.36. The molecule has 21 heavy (non-hydrogen) atoms. The number of tetrazole rings is 1. The Bertz CT molecular complexity index is 641. The fraction of sp³-hybridized carbons (Fsp3) is 0.250. The predicted molar refractivity (Wildman–Crippen MR) is 68.4 cm³/mol. The van der Waals surface area contributed by atoms with E-state index in [0.29, 0.717) is 5.56 Å². The van der Waals surface area contributed by atoms with E-state index in [-0.39, 0.29) is 24.8 Å². The fourth-order valence-corrected chi connectivity index (χ4v) is 1.47. The SMILES string of the molecule is CCOC(=O)NC(=O)Cn1nnc(-c2ccc(F)cc2)n1. The van der Waals surface area contributed by atoms with Crippen molar-refractivity contribution < 1.29 is 18.7 Å². The van der Waals surface area contributed by atoms with Crippen LogP contribution in [0.15, 0.2) is 24.3 Å². The van der Waals surface area contributed by atoms with Crippen molar-refractivity contribution in [1.82, 2.24) is 25.5 Å². The van der Waals surface area contributed by atoms with Crippen molar-refractivity contribution in [3.63, 3.8) is 0 Å². The smallest absolute Gasteiger partial charge is 0.413 e. The molecule has 0 saturated heterocycles. The zero-order valence-electron chi connectivity index (χ0n) is 11.1. The summed E-state index contributed by atoms with van der Waals surface area (Å²) >= 11 is 0. The lowest BCUT2D eigenvalue weighted by Gasteiger charge is -2.02. The van der Waals surface area contributed by atoms with Gasteiger partial charge >= 0.3 is 6.09 Å². The minimum absolute atomic E-state index is 0.162. The van der Waals surface area contributed by atoms with Gasteiger partial charge in [0.2, 0.25) is 5.82 Å². The molecule has 0 spiro atoms. The summed E-state index contributed by atoms with van der Waals surface area (Å²) in [5, 5.41) is 13.4. The Morgan fingerprint density at radius 3 is 2.71 bits per heavy atom. The van der Waals surface area contributed by atoms with Crippen LogP contribution < -0.4 is 5.32 Å². The molecule has 0 aliphatic carbocycles. The first-order valence-electron chi connectivity index (χ1n) is 6.09. The summed E-state index contributed by atoms with van der Waals surface area (Å²) in [6.45, 7) is 1.50. The van der Waals surface area contributed by atoms with Gasteiger partial charge in [0.1, 0.15) is 12.4 Å². The van der Waals surface area contributed by atoms with E-state index in [1.165, 1.54) is 24.3 Å². The van der Waals surface area contributed by atoms with Crippen LogP contribution in [0.1, 0.15) is 6.92 Å². The lowest BCUT2D eigenvalue weighted by atomic mass is 10.2. The molecule has 0 aliphatic heterocycles. The van der Waals surface area contributed by atoms with Crippen molar-refractivity contribution in [2.75, 3.05) is 6.61 Å². The number of halogens is 1. The maximum Gasteiger partial charge on any atom is 0.413 e. The molecule has 0 saturated carbocycles. The van der Waals surface area contributed by atoms with E-state index in [1.54, 1.807) is 6.92 Å². The summed E-state index contributed by atoms with van der Waals surface area (Å²) in [6, 6.07) is 5.53. The Morgan fingerprint density at radius 1 is 1.33 bits per heavy atom. The number of amides is 2. The van der Waals surface area contributed by atoms with Crippen LogP contribution in [-0.4, -0.2) is 38.8 Å². The molecule has 2 rings (SSSR count). The molecule has 2 aromatic rings. The highest BCUT2D eigenvalue weighted by molar-refractivity contribution is 5.91. The number of nitrogens with zero attached hydrogens (tertiary/aromatic N) is 4. The van der Waals surface area contributed by atoms with Crippen molar-refractivity contribution >= 4 is 12.0 Å². The van der Waals surface area contributed by atoms with Gasteiger partial charge in [-0.2, -0.15) is 4.80 Å². The Balaban J connectivity index is 1.98. The first kappa shape index (κ1) is 14.6. The first-order valence-corrected chi connectivity index (χ1v) is 6.09. The van der Waals surface area contributed by atoms with Gasteiger partial charge in [0.15, 0.2) is 0 Å². The molecule has 0 bridgehead atoms. The summed E-state index contributed by atoms with van der Waals surface area (Å²) in [7, 11) is 0. The number of benzene rings is 1. The second kappa shape index (κ2) is 6.55. The predicted octanol–water partition coefficient (Wildman–Crippen LogP) is 0.752. The molecule has 0 fully saturated rings. The third kappa shape index (κ3) is 4.06. The molecular weight excluding hydrogens is 281 g/mol. The Morgan fingerprint density at radius 2 is 2.05 bits per heavy atom. The van der Waals surface area contributed by atoms with E-state index in [9.17, 15) is 14.0 Å². The van der Waals surface area contributed by atoms with Crippen LogP contribution in [0.2, 0.25) is 0 Å². The summed E-state index contributed by atoms with van der Waals surface area (Å²) < 4.78 is 17.4. The lowest BCUT2D eigenvalue weighted by molar-refractivity contribution is -0.121. The number of hydrogen-bond acceptors (Lipinski definition) is 6. The average molecular weight is 293 g/mol. The van der Waals surface area contributed by atoms with E-state index in [4.69, 9.17) is 0 Å². The van der Waals surface area contributed by atoms with Crippen LogP contribution in [0.5, 0.6) is 0 Å². The molecule has 110 valence electrons. The third-order valence-electron chi connectivity index (χ3n) is 2.36. The van der Waals surface area contributed by atoms with Gasteiger partial charge in [0.05, 0.1) is 6.61 Å². The second-order valence-electron chi connectivity index (χ2n) is 3.92. The molecule has 1 heterocycles. The number of imide groups is 1. The molecule has 8 nitrogen and oxygen atoms in total. The average Bonchev–Trinajstić information content (AvgIpc) is 2.88. The summed E-state index contributed by atoms with van der Waals surface area (Å²) in [4.78, 5) is 23.6. The van der Waals surface area contributed by atoms with E-state index in [2.05, 4.69) is 20.1 Å². The van der Waals surface area contributed by atoms with Crippen molar-refractivity contribution in [3.05, 3.63) is 30.1 Å². The van der Waals surface area contributed by atoms with Gasteiger partial charge in [-0.15, -0.1) is 10.2 Å². The van der Waals surface area contributed by atoms with Crippen LogP contribution in [0.4, 0.5) is 9.18 Å². The molecule has 0 aliphatic rings. The van der Waals surface area contributed by atoms with Crippen LogP contribution in [0.3, 0.4) is 0 Å². The first-order chi connectivity index (χ1) is 10.1. The topological polar surface area (TPSA) is 99.0 Å². The van der Waals surface area contributed by atoms with Crippen LogP contribution in [-0.2, 0) is 16.1 Å². The number of rotatable bonds is 4. The monoisotopic (exact) mass is 293 g/mol. The van der Waals surface area contributed by atoms with Crippen LogP contribution in [0, 0.1) is 5.82 Å². The maximum absolute atomic E-state index is 12.8. The number of alkyl carbamates (subject to hydrolysis) is 1. The van der Waals surface area contributed by atoms with Gasteiger partial charge in [-0.05, 0) is 36.4 Å². The lowest BCUT2D eigenvalue weighted by Crippen LogP contribution is -2.34. The van der Waals surface area contributed by atoms with Gasteiger partial charge in [0.25, 0.3) is 5.91 Å². The normalized spacial score (nSPS) is 10.2. The molecule has 0 unspecified atom stereocenters. The minimum Gasteiger partial charge on any atom is -0.450 e. The number of carbonyl (C=O) groups excluding carboxylic acids is 2. The van der Waals surface area contributed by atoms with Gasteiger partial charge in [-0.25, -0.2) is 9.18 Å². The minimum atomic E-state index is -0.832. The molecule has 1 aromatic heterocycles. The molecule has 9 heteroatoms. The van der Waals surface area contributed by atoms with Crippen molar-refractivity contribution in [3.8, 4) is 11.4 Å². The zero-order valence-corrected chi connectivity index (χ0v) is 11.1. The molecule has 1 aromatic carbocycles. The summed E-state index contributed by atoms with van der Waals surface area (Å²) in [5.74, 6) is -0.754. The molecule has 0 radical (unpaired) electrons. The number of nitrogens with one attached hydrogen (secondary N) is 1. The highest BCUT2D eigenvalue weighted by Gasteiger charge is 2.12. The largest absolute Gasteiger partial charge is 0.450 e. The van der Waals surface area contributed by atoms with Crippen molar-refractivity contribution in [1.29, 1.82) is 0 Å². The van der Waals surface area contributed by atoms with Gasteiger partial charge < -0.3 is 4.74 Å². The Kier molecular flexibility index (Phi) is 4.54. The van der Waals surface area contributed by atoms with Crippen LogP contribution in [0.25, 0.3) is 11.4 Å². The highest BCUT2D eigenvalue weighted by Crippen LogP contribution is 2.13. The zero-order chi connectivity index (χ0) is 15.2. The van der Waals surface area contributed by atoms with Crippen LogP contribution >= 0.6 is 0 Å². The van der Waals surface area contributed by atoms with Crippen molar-refractivity contribution in [2.24, 2.45) is 0 Å². The number of ether oxygens (including phenoxy) is 1. The quantitative estimate of drug-likeness (QED) is 0.893. The number of carbonyl (C=O) groups is 2. The number of aromatic nitrogens is 4. The molecule has 0 atom stereocenters. The molecular formula is C12H12FN5O3. The van der Waals surface area contributed by atoms with Crippen molar-refractivity contribution in [2.45, 2.75) is 13.5 Å². The van der Waals surface area contributed by atoms with E-state index < -0.39 is 12.0 Å². The highest BCUT2D eigenvalue weighted by atomic mass is 19.1. The fourth-order valence-electron chi connectivity index (χ4n) is 1.47. The number of hydrogen-bond donors (Lipinski definition) is 1. The summed E-state index contributed by atoms with van der Waals surface area (Å²) in [6.07, 6.45) is -0.832.